The first-order chi connectivity index (χ1) is 10.4. The number of hydrogen-bond acceptors (Lipinski definition) is 5. The third-order valence-corrected chi connectivity index (χ3v) is 3.78. The standard InChI is InChI=1S/C14H15F3N4O.2ClH/c1-21(11-6-7-18-8-11)10-4-2-9(3-5-10)12-19-13(22-20-12)14(15,16)17;;/h2-5,11,18H,6-8H2,1H3;2*1H. The summed E-state index contributed by atoms with van der Waals surface area (Å²) in [7, 11) is 2.00. The molecule has 1 fully saturated rings. The highest BCUT2D eigenvalue weighted by Gasteiger charge is 2.38. The van der Waals surface area contributed by atoms with Gasteiger partial charge in [0.1, 0.15) is 0 Å². The van der Waals surface area contributed by atoms with Gasteiger partial charge in [-0.05, 0) is 37.2 Å². The van der Waals surface area contributed by atoms with E-state index in [1.54, 1.807) is 12.1 Å². The van der Waals surface area contributed by atoms with Gasteiger partial charge >= 0.3 is 12.1 Å². The Bertz CT molecular complexity index is 642. The van der Waals surface area contributed by atoms with E-state index in [1.807, 2.05) is 19.2 Å². The highest BCUT2D eigenvalue weighted by atomic mass is 35.5. The molecule has 0 bridgehead atoms. The SMILES string of the molecule is CN(c1ccc(-c2noc(C(F)(F)F)n2)cc1)C1CCNC1.Cl.Cl. The molecule has 5 nitrogen and oxygen atoms in total. The lowest BCUT2D eigenvalue weighted by atomic mass is 10.1. The summed E-state index contributed by atoms with van der Waals surface area (Å²) in [5, 5.41) is 6.67. The first-order valence-corrected chi connectivity index (χ1v) is 6.90. The molecule has 1 unspecified atom stereocenters. The van der Waals surface area contributed by atoms with E-state index in [0.717, 1.165) is 25.2 Å². The van der Waals surface area contributed by atoms with Crippen LogP contribution in [0.15, 0.2) is 28.8 Å². The molecular weight excluding hydrogens is 368 g/mol. The predicted octanol–water partition coefficient (Wildman–Crippen LogP) is 3.40. The number of rotatable bonds is 3. The van der Waals surface area contributed by atoms with Gasteiger partial charge in [-0.15, -0.1) is 24.8 Å². The fourth-order valence-electron chi connectivity index (χ4n) is 2.48. The Labute approximate surface area is 149 Å². The lowest BCUT2D eigenvalue weighted by molar-refractivity contribution is -0.159. The van der Waals surface area contributed by atoms with Crippen molar-refractivity contribution in [3.05, 3.63) is 30.2 Å². The van der Waals surface area contributed by atoms with Crippen LogP contribution in [0.5, 0.6) is 0 Å². The molecule has 0 aliphatic carbocycles. The van der Waals surface area contributed by atoms with Gasteiger partial charge in [0.05, 0.1) is 0 Å². The molecule has 0 amide bonds. The molecule has 0 radical (unpaired) electrons. The molecule has 2 heterocycles. The monoisotopic (exact) mass is 384 g/mol. The second kappa shape index (κ2) is 8.04. The van der Waals surface area contributed by atoms with E-state index >= 15 is 0 Å². The van der Waals surface area contributed by atoms with Crippen LogP contribution in [-0.4, -0.2) is 36.3 Å². The Morgan fingerprint density at radius 2 is 1.88 bits per heavy atom. The van der Waals surface area contributed by atoms with Crippen LogP contribution in [0.4, 0.5) is 18.9 Å². The normalized spacial score (nSPS) is 17.1. The van der Waals surface area contributed by atoms with Gasteiger partial charge < -0.3 is 14.7 Å². The molecule has 1 N–H and O–H groups in total. The van der Waals surface area contributed by atoms with Crippen molar-refractivity contribution in [1.29, 1.82) is 0 Å². The Hall–Kier alpha value is -1.51. The van der Waals surface area contributed by atoms with Crippen molar-refractivity contribution >= 4 is 30.5 Å². The van der Waals surface area contributed by atoms with Crippen LogP contribution in [-0.2, 0) is 6.18 Å². The van der Waals surface area contributed by atoms with E-state index in [1.165, 1.54) is 0 Å². The summed E-state index contributed by atoms with van der Waals surface area (Å²) < 4.78 is 41.6. The minimum absolute atomic E-state index is 0. The molecule has 1 aromatic carbocycles. The van der Waals surface area contributed by atoms with Crippen molar-refractivity contribution < 1.29 is 17.7 Å². The largest absolute Gasteiger partial charge is 0.471 e. The van der Waals surface area contributed by atoms with Crippen molar-refractivity contribution in [2.24, 2.45) is 0 Å². The Kier molecular flexibility index (Phi) is 6.88. The van der Waals surface area contributed by atoms with Crippen LogP contribution in [0.1, 0.15) is 12.3 Å². The van der Waals surface area contributed by atoms with E-state index in [9.17, 15) is 13.2 Å². The minimum atomic E-state index is -4.62. The predicted molar refractivity (Wildman–Crippen MR) is 88.9 cm³/mol. The van der Waals surface area contributed by atoms with Gasteiger partial charge in [0.25, 0.3) is 0 Å². The number of nitrogens with zero attached hydrogens (tertiary/aromatic N) is 3. The van der Waals surface area contributed by atoms with E-state index < -0.39 is 12.1 Å². The van der Waals surface area contributed by atoms with Crippen molar-refractivity contribution in [3.8, 4) is 11.4 Å². The molecule has 10 heteroatoms. The van der Waals surface area contributed by atoms with Gasteiger partial charge in [0.15, 0.2) is 0 Å². The van der Waals surface area contributed by atoms with Gasteiger partial charge in [-0.1, -0.05) is 5.16 Å². The van der Waals surface area contributed by atoms with Crippen molar-refractivity contribution in [2.75, 3.05) is 25.0 Å². The Morgan fingerprint density at radius 3 is 2.38 bits per heavy atom. The summed E-state index contributed by atoms with van der Waals surface area (Å²) >= 11 is 0. The maximum absolute atomic E-state index is 12.5. The maximum Gasteiger partial charge on any atom is 0.471 e. The van der Waals surface area contributed by atoms with Gasteiger partial charge in [0.2, 0.25) is 5.82 Å². The second-order valence-corrected chi connectivity index (χ2v) is 5.23. The molecule has 134 valence electrons. The van der Waals surface area contributed by atoms with Crippen LogP contribution >= 0.6 is 24.8 Å². The zero-order valence-electron chi connectivity index (χ0n) is 12.7. The van der Waals surface area contributed by atoms with E-state index in [0.29, 0.717) is 11.6 Å². The van der Waals surface area contributed by atoms with Crippen LogP contribution < -0.4 is 10.2 Å². The van der Waals surface area contributed by atoms with Crippen LogP contribution in [0.3, 0.4) is 0 Å². The Morgan fingerprint density at radius 1 is 1.21 bits per heavy atom. The molecule has 24 heavy (non-hydrogen) atoms. The summed E-state index contributed by atoms with van der Waals surface area (Å²) in [5.41, 5.74) is 1.48. The smallest absolute Gasteiger partial charge is 0.370 e. The lowest BCUT2D eigenvalue weighted by Crippen LogP contribution is -2.33. The Balaban J connectivity index is 0.00000144. The average Bonchev–Trinajstić information content (AvgIpc) is 3.17. The average molecular weight is 385 g/mol. The zero-order chi connectivity index (χ0) is 15.7. The van der Waals surface area contributed by atoms with Gasteiger partial charge in [-0.2, -0.15) is 18.2 Å². The minimum Gasteiger partial charge on any atom is -0.370 e. The molecule has 0 saturated carbocycles. The van der Waals surface area contributed by atoms with Crippen molar-refractivity contribution in [1.82, 2.24) is 15.5 Å². The first kappa shape index (κ1) is 20.5. The number of likely N-dealkylation sites (N-methyl/N-ethyl adjacent to an activating group) is 1. The lowest BCUT2D eigenvalue weighted by Gasteiger charge is -2.26. The highest BCUT2D eigenvalue weighted by molar-refractivity contribution is 5.85. The summed E-state index contributed by atoms with van der Waals surface area (Å²) in [4.78, 5) is 5.53. The molecule has 1 aromatic heterocycles. The molecular formula is C14H17Cl2F3N4O. The number of anilines is 1. The number of halogens is 5. The molecule has 3 rings (SSSR count). The third kappa shape index (κ3) is 4.31. The van der Waals surface area contributed by atoms with Gasteiger partial charge in [-0.25, -0.2) is 0 Å². The zero-order valence-corrected chi connectivity index (χ0v) is 14.3. The van der Waals surface area contributed by atoms with Crippen molar-refractivity contribution in [2.45, 2.75) is 18.6 Å². The third-order valence-electron chi connectivity index (χ3n) is 3.78. The quantitative estimate of drug-likeness (QED) is 0.878. The fraction of sp³-hybridized carbons (Fsp3) is 0.429. The van der Waals surface area contributed by atoms with Crippen LogP contribution in [0.25, 0.3) is 11.4 Å². The van der Waals surface area contributed by atoms with Gasteiger partial charge in [0, 0.05) is 30.9 Å². The van der Waals surface area contributed by atoms with Crippen LogP contribution in [0.2, 0.25) is 0 Å². The summed E-state index contributed by atoms with van der Waals surface area (Å²) in [6.45, 7) is 1.92. The number of alkyl halides is 3. The molecule has 1 saturated heterocycles. The summed E-state index contributed by atoms with van der Waals surface area (Å²) in [6.07, 6.45) is -3.56. The maximum atomic E-state index is 12.5. The number of benzene rings is 1. The second-order valence-electron chi connectivity index (χ2n) is 5.23. The molecule has 1 aliphatic rings. The topological polar surface area (TPSA) is 54.2 Å². The number of nitrogens with one attached hydrogen (secondary N) is 1. The molecule has 1 atom stereocenters. The highest BCUT2D eigenvalue weighted by Crippen LogP contribution is 2.30. The number of hydrogen-bond donors (Lipinski definition) is 1. The van der Waals surface area contributed by atoms with Crippen molar-refractivity contribution in [3.63, 3.8) is 0 Å². The molecule has 1 aliphatic heterocycles. The molecule has 2 aromatic rings. The van der Waals surface area contributed by atoms with Gasteiger partial charge in [-0.3, -0.25) is 0 Å². The first-order valence-electron chi connectivity index (χ1n) is 6.90. The summed E-state index contributed by atoms with van der Waals surface area (Å²) in [5.74, 6) is -1.40. The summed E-state index contributed by atoms with van der Waals surface area (Å²) in [6, 6.07) is 7.50. The molecule has 0 spiro atoms. The van der Waals surface area contributed by atoms with E-state index in [2.05, 4.69) is 24.9 Å². The van der Waals surface area contributed by atoms with E-state index in [-0.39, 0.29) is 30.6 Å². The van der Waals surface area contributed by atoms with E-state index in [4.69, 9.17) is 0 Å². The van der Waals surface area contributed by atoms with Crippen LogP contribution in [0, 0.1) is 0 Å². The number of aromatic nitrogens is 2. The fourth-order valence-corrected chi connectivity index (χ4v) is 2.48.